The minimum absolute atomic E-state index is 0.306. The minimum atomic E-state index is -0.713. The number of carbonyl (C=O) groups is 2. The van der Waals surface area contributed by atoms with E-state index in [1.165, 1.54) is 5.51 Å². The van der Waals surface area contributed by atoms with Crippen molar-refractivity contribution in [2.75, 3.05) is 5.32 Å². The van der Waals surface area contributed by atoms with Crippen molar-refractivity contribution >= 4 is 28.2 Å². The highest BCUT2D eigenvalue weighted by Gasteiger charge is 2.23. The first kappa shape index (κ1) is 15.1. The smallest absolute Gasteiger partial charge is 0.298 e. The number of ketones is 1. The first-order valence-corrected chi connectivity index (χ1v) is 7.82. The molecule has 0 aliphatic rings. The van der Waals surface area contributed by atoms with Crippen LogP contribution in [0.2, 0.25) is 0 Å². The van der Waals surface area contributed by atoms with Gasteiger partial charge in [0, 0.05) is 22.6 Å². The molecule has 7 heteroatoms. The molecule has 1 N–H and O–H groups in total. The summed E-state index contributed by atoms with van der Waals surface area (Å²) in [6.45, 7) is 3.73. The molecule has 0 saturated carbocycles. The van der Waals surface area contributed by atoms with Gasteiger partial charge in [0.2, 0.25) is 5.13 Å². The standard InChI is InChI=1S/C16H14N4O2S/c1-10-8-13(11(2)20(10)12-6-4-3-5-7-12)14(21)15(22)18-16-19-17-9-23-16/h3-9H,1-2H3,(H,18,19,22). The maximum atomic E-state index is 12.4. The zero-order chi connectivity index (χ0) is 16.4. The zero-order valence-corrected chi connectivity index (χ0v) is 13.4. The van der Waals surface area contributed by atoms with Crippen molar-refractivity contribution in [3.8, 4) is 5.69 Å². The summed E-state index contributed by atoms with van der Waals surface area (Å²) in [5.74, 6) is -1.30. The average molecular weight is 326 g/mol. The highest BCUT2D eigenvalue weighted by atomic mass is 32.1. The Bertz CT molecular complexity index is 854. The van der Waals surface area contributed by atoms with Crippen LogP contribution < -0.4 is 5.32 Å². The Hall–Kier alpha value is -2.80. The lowest BCUT2D eigenvalue weighted by Crippen LogP contribution is -2.23. The van der Waals surface area contributed by atoms with E-state index in [0.717, 1.165) is 28.4 Å². The molecule has 1 aromatic carbocycles. The molecule has 0 aliphatic heterocycles. The fraction of sp³-hybridized carbons (Fsp3) is 0.125. The Balaban J connectivity index is 1.92. The lowest BCUT2D eigenvalue weighted by atomic mass is 10.1. The summed E-state index contributed by atoms with van der Waals surface area (Å²) in [7, 11) is 0. The van der Waals surface area contributed by atoms with E-state index in [2.05, 4.69) is 15.5 Å². The zero-order valence-electron chi connectivity index (χ0n) is 12.6. The Morgan fingerprint density at radius 2 is 1.91 bits per heavy atom. The molecule has 2 aromatic heterocycles. The van der Waals surface area contributed by atoms with Crippen molar-refractivity contribution in [1.29, 1.82) is 0 Å². The van der Waals surface area contributed by atoms with Crippen LogP contribution in [0, 0.1) is 13.8 Å². The van der Waals surface area contributed by atoms with E-state index in [-0.39, 0.29) is 0 Å². The molecule has 0 atom stereocenters. The topological polar surface area (TPSA) is 76.9 Å². The molecule has 0 saturated heterocycles. The van der Waals surface area contributed by atoms with Crippen LogP contribution in [0.25, 0.3) is 5.69 Å². The lowest BCUT2D eigenvalue weighted by Gasteiger charge is -2.09. The summed E-state index contributed by atoms with van der Waals surface area (Å²) in [6, 6.07) is 11.4. The van der Waals surface area contributed by atoms with Crippen molar-refractivity contribution < 1.29 is 9.59 Å². The molecule has 0 spiro atoms. The van der Waals surface area contributed by atoms with Gasteiger partial charge in [-0.05, 0) is 32.0 Å². The van der Waals surface area contributed by atoms with Crippen LogP contribution in [-0.2, 0) is 4.79 Å². The normalized spacial score (nSPS) is 10.5. The van der Waals surface area contributed by atoms with Crippen molar-refractivity contribution in [2.45, 2.75) is 13.8 Å². The number of aromatic nitrogens is 3. The summed E-state index contributed by atoms with van der Waals surface area (Å²) in [5, 5.41) is 10.1. The van der Waals surface area contributed by atoms with Crippen molar-refractivity contribution in [3.63, 3.8) is 0 Å². The van der Waals surface area contributed by atoms with Gasteiger partial charge in [0.15, 0.2) is 0 Å². The highest BCUT2D eigenvalue weighted by molar-refractivity contribution is 7.13. The average Bonchev–Trinajstić information content (AvgIpc) is 3.15. The number of benzene rings is 1. The van der Waals surface area contributed by atoms with Crippen molar-refractivity contribution in [3.05, 3.63) is 58.9 Å². The number of Topliss-reactive ketones (excluding diaryl/α,β-unsaturated/α-hetero) is 1. The number of hydrogen-bond acceptors (Lipinski definition) is 5. The molecule has 116 valence electrons. The number of anilines is 1. The van der Waals surface area contributed by atoms with Gasteiger partial charge in [-0.1, -0.05) is 29.5 Å². The van der Waals surface area contributed by atoms with E-state index >= 15 is 0 Å². The molecule has 0 unspecified atom stereocenters. The molecule has 2 heterocycles. The van der Waals surface area contributed by atoms with Crippen LogP contribution >= 0.6 is 11.3 Å². The quantitative estimate of drug-likeness (QED) is 0.591. The summed E-state index contributed by atoms with van der Waals surface area (Å²) in [4.78, 5) is 24.5. The first-order valence-electron chi connectivity index (χ1n) is 6.94. The van der Waals surface area contributed by atoms with E-state index in [1.807, 2.05) is 48.7 Å². The van der Waals surface area contributed by atoms with Gasteiger partial charge in [-0.3, -0.25) is 14.9 Å². The Morgan fingerprint density at radius 1 is 1.17 bits per heavy atom. The number of carbonyl (C=O) groups excluding carboxylic acids is 2. The molecule has 0 aliphatic carbocycles. The van der Waals surface area contributed by atoms with Gasteiger partial charge in [0.05, 0.1) is 0 Å². The molecule has 0 bridgehead atoms. The summed E-state index contributed by atoms with van der Waals surface area (Å²) < 4.78 is 1.95. The summed E-state index contributed by atoms with van der Waals surface area (Å²) in [5.41, 5.74) is 4.44. The van der Waals surface area contributed by atoms with Crippen molar-refractivity contribution in [1.82, 2.24) is 14.8 Å². The molecule has 3 rings (SSSR count). The molecule has 3 aromatic rings. The van der Waals surface area contributed by atoms with E-state index in [9.17, 15) is 9.59 Å². The predicted molar refractivity (Wildman–Crippen MR) is 88.1 cm³/mol. The number of nitrogens with zero attached hydrogens (tertiary/aromatic N) is 3. The SMILES string of the molecule is Cc1cc(C(=O)C(=O)Nc2nncs2)c(C)n1-c1ccccc1. The van der Waals surface area contributed by atoms with Gasteiger partial charge >= 0.3 is 0 Å². The molecule has 6 nitrogen and oxygen atoms in total. The van der Waals surface area contributed by atoms with Crippen LogP contribution in [-0.4, -0.2) is 26.5 Å². The van der Waals surface area contributed by atoms with Gasteiger partial charge in [-0.2, -0.15) is 0 Å². The fourth-order valence-corrected chi connectivity index (χ4v) is 2.91. The predicted octanol–water partition coefficient (Wildman–Crippen LogP) is 2.77. The molecular formula is C16H14N4O2S. The Kier molecular flexibility index (Phi) is 4.03. The van der Waals surface area contributed by atoms with Crippen LogP contribution in [0.1, 0.15) is 21.7 Å². The van der Waals surface area contributed by atoms with Crippen LogP contribution in [0.3, 0.4) is 0 Å². The minimum Gasteiger partial charge on any atom is -0.318 e. The second kappa shape index (κ2) is 6.13. The Morgan fingerprint density at radius 3 is 2.57 bits per heavy atom. The van der Waals surface area contributed by atoms with E-state index in [0.29, 0.717) is 10.7 Å². The fourth-order valence-electron chi connectivity index (χ4n) is 2.47. The van der Waals surface area contributed by atoms with Gasteiger partial charge in [-0.25, -0.2) is 0 Å². The molecule has 1 amide bonds. The summed E-state index contributed by atoms with van der Waals surface area (Å²) >= 11 is 1.16. The van der Waals surface area contributed by atoms with Crippen LogP contribution in [0.4, 0.5) is 5.13 Å². The molecular weight excluding hydrogens is 312 g/mol. The maximum absolute atomic E-state index is 12.4. The third-order valence-corrected chi connectivity index (χ3v) is 4.08. The second-order valence-corrected chi connectivity index (χ2v) is 5.82. The first-order chi connectivity index (χ1) is 11.1. The number of para-hydroxylation sites is 1. The number of aryl methyl sites for hydroxylation is 1. The highest BCUT2D eigenvalue weighted by Crippen LogP contribution is 2.21. The van der Waals surface area contributed by atoms with Gasteiger partial charge in [-0.15, -0.1) is 10.2 Å². The monoisotopic (exact) mass is 326 g/mol. The van der Waals surface area contributed by atoms with Crippen LogP contribution in [0.15, 0.2) is 41.9 Å². The Labute approximate surface area is 136 Å². The van der Waals surface area contributed by atoms with Gasteiger partial charge in [0.1, 0.15) is 5.51 Å². The largest absolute Gasteiger partial charge is 0.318 e. The van der Waals surface area contributed by atoms with E-state index < -0.39 is 11.7 Å². The van der Waals surface area contributed by atoms with Crippen LogP contribution in [0.5, 0.6) is 0 Å². The third kappa shape index (κ3) is 2.91. The molecule has 0 radical (unpaired) electrons. The van der Waals surface area contributed by atoms with Gasteiger partial charge < -0.3 is 4.57 Å². The summed E-state index contributed by atoms with van der Waals surface area (Å²) in [6.07, 6.45) is 0. The second-order valence-electron chi connectivity index (χ2n) is 4.98. The van der Waals surface area contributed by atoms with Gasteiger partial charge in [0.25, 0.3) is 11.7 Å². The van der Waals surface area contributed by atoms with Crippen molar-refractivity contribution in [2.24, 2.45) is 0 Å². The molecule has 23 heavy (non-hydrogen) atoms. The number of hydrogen-bond donors (Lipinski definition) is 1. The lowest BCUT2D eigenvalue weighted by molar-refractivity contribution is -0.112. The number of amides is 1. The van der Waals surface area contributed by atoms with E-state index in [1.54, 1.807) is 6.07 Å². The number of rotatable bonds is 4. The number of nitrogens with one attached hydrogen (secondary N) is 1. The third-order valence-electron chi connectivity index (χ3n) is 3.48. The maximum Gasteiger partial charge on any atom is 0.298 e. The molecule has 0 fully saturated rings. The van der Waals surface area contributed by atoms with E-state index in [4.69, 9.17) is 0 Å².